The molecule has 3 atom stereocenters. The molecule has 0 spiro atoms. The monoisotopic (exact) mass is 286 g/mol. The summed E-state index contributed by atoms with van der Waals surface area (Å²) in [6.45, 7) is 3.66. The lowest BCUT2D eigenvalue weighted by atomic mass is 9.81. The quantitative estimate of drug-likeness (QED) is 0.886. The first-order valence-corrected chi connectivity index (χ1v) is 8.76. The molecule has 0 radical (unpaired) electrons. The second-order valence-electron chi connectivity index (χ2n) is 7.03. The smallest absolute Gasteiger partial charge is 0.0113 e. The van der Waals surface area contributed by atoms with Crippen LogP contribution >= 0.6 is 0 Å². The van der Waals surface area contributed by atoms with Gasteiger partial charge in [0.25, 0.3) is 0 Å². The van der Waals surface area contributed by atoms with Crippen molar-refractivity contribution in [3.05, 3.63) is 35.9 Å². The Morgan fingerprint density at radius 2 is 1.81 bits per heavy atom. The molecule has 1 aromatic carbocycles. The number of fused-ring (bicyclic) bond motifs is 2. The maximum Gasteiger partial charge on any atom is 0.0113 e. The standard InChI is InChI=1S/C19H30N2/c1-15(16-7-4-3-5-8-16)11-12-21-18-9-6-10-19(21)14-17(13-18)20-2/h3-5,7-8,15,17-20H,6,9-14H2,1-2H3. The maximum atomic E-state index is 3.52. The highest BCUT2D eigenvalue weighted by Gasteiger charge is 2.37. The van der Waals surface area contributed by atoms with Crippen molar-refractivity contribution in [1.29, 1.82) is 0 Å². The van der Waals surface area contributed by atoms with E-state index >= 15 is 0 Å². The minimum Gasteiger partial charge on any atom is -0.317 e. The molecule has 3 unspecified atom stereocenters. The summed E-state index contributed by atoms with van der Waals surface area (Å²) in [5.41, 5.74) is 1.49. The molecule has 0 aliphatic carbocycles. The lowest BCUT2D eigenvalue weighted by molar-refractivity contribution is 0.0240. The van der Waals surface area contributed by atoms with Crippen LogP contribution in [0.1, 0.15) is 56.9 Å². The molecule has 0 aromatic heterocycles. The second kappa shape index (κ2) is 6.93. The average molecular weight is 286 g/mol. The van der Waals surface area contributed by atoms with Crippen LogP contribution in [0.3, 0.4) is 0 Å². The van der Waals surface area contributed by atoms with Crippen LogP contribution in [0.2, 0.25) is 0 Å². The van der Waals surface area contributed by atoms with Gasteiger partial charge in [0.2, 0.25) is 0 Å². The molecule has 3 rings (SSSR count). The molecule has 0 saturated carbocycles. The molecule has 0 amide bonds. The van der Waals surface area contributed by atoms with Gasteiger partial charge in [-0.1, -0.05) is 43.7 Å². The van der Waals surface area contributed by atoms with Gasteiger partial charge >= 0.3 is 0 Å². The zero-order chi connectivity index (χ0) is 14.7. The normalized spacial score (nSPS) is 31.0. The molecular weight excluding hydrogens is 256 g/mol. The first kappa shape index (κ1) is 15.1. The lowest BCUT2D eigenvalue weighted by Crippen LogP contribution is -2.56. The van der Waals surface area contributed by atoms with E-state index in [1.165, 1.54) is 50.6 Å². The third-order valence-corrected chi connectivity index (χ3v) is 5.72. The molecule has 116 valence electrons. The summed E-state index contributed by atoms with van der Waals surface area (Å²) in [4.78, 5) is 2.84. The predicted octanol–water partition coefficient (Wildman–Crippen LogP) is 3.79. The zero-order valence-corrected chi connectivity index (χ0v) is 13.6. The molecule has 2 nitrogen and oxygen atoms in total. The van der Waals surface area contributed by atoms with Crippen molar-refractivity contribution >= 4 is 0 Å². The lowest BCUT2D eigenvalue weighted by Gasteiger charge is -2.49. The van der Waals surface area contributed by atoms with E-state index in [0.29, 0.717) is 5.92 Å². The zero-order valence-electron chi connectivity index (χ0n) is 13.6. The molecule has 2 bridgehead atoms. The average Bonchev–Trinajstić information content (AvgIpc) is 2.52. The summed E-state index contributed by atoms with van der Waals surface area (Å²) < 4.78 is 0. The van der Waals surface area contributed by atoms with Gasteiger partial charge in [0.05, 0.1) is 0 Å². The molecule has 2 heterocycles. The Kier molecular flexibility index (Phi) is 4.97. The van der Waals surface area contributed by atoms with E-state index in [9.17, 15) is 0 Å². The third kappa shape index (κ3) is 3.49. The number of hydrogen-bond acceptors (Lipinski definition) is 2. The SMILES string of the molecule is CNC1CC2CCCC(C1)N2CCC(C)c1ccccc1. The van der Waals surface area contributed by atoms with Gasteiger partial charge in [0.1, 0.15) is 0 Å². The molecule has 21 heavy (non-hydrogen) atoms. The molecule has 2 heteroatoms. The fraction of sp³-hybridized carbons (Fsp3) is 0.684. The van der Waals surface area contributed by atoms with E-state index in [0.717, 1.165) is 18.1 Å². The van der Waals surface area contributed by atoms with Crippen LogP contribution in [0.4, 0.5) is 0 Å². The molecule has 1 aromatic rings. The Morgan fingerprint density at radius 3 is 2.43 bits per heavy atom. The van der Waals surface area contributed by atoms with Crippen molar-refractivity contribution in [1.82, 2.24) is 10.2 Å². The Morgan fingerprint density at radius 1 is 1.14 bits per heavy atom. The molecule has 1 N–H and O–H groups in total. The van der Waals surface area contributed by atoms with E-state index in [2.05, 4.69) is 54.5 Å². The van der Waals surface area contributed by atoms with Crippen LogP contribution in [-0.2, 0) is 0 Å². The third-order valence-electron chi connectivity index (χ3n) is 5.72. The highest BCUT2D eigenvalue weighted by atomic mass is 15.2. The summed E-state index contributed by atoms with van der Waals surface area (Å²) in [5.74, 6) is 0.675. The summed E-state index contributed by atoms with van der Waals surface area (Å²) in [6.07, 6.45) is 8.26. The highest BCUT2D eigenvalue weighted by Crippen LogP contribution is 2.34. The Bertz CT molecular complexity index is 416. The maximum absolute atomic E-state index is 3.52. The van der Waals surface area contributed by atoms with Gasteiger partial charge in [-0.05, 0) is 57.2 Å². The van der Waals surface area contributed by atoms with E-state index in [1.54, 1.807) is 0 Å². The molecular formula is C19H30N2. The molecule has 2 saturated heterocycles. The van der Waals surface area contributed by atoms with Crippen molar-refractivity contribution < 1.29 is 0 Å². The van der Waals surface area contributed by atoms with Crippen LogP contribution in [0.15, 0.2) is 30.3 Å². The van der Waals surface area contributed by atoms with Crippen molar-refractivity contribution in [3.8, 4) is 0 Å². The van der Waals surface area contributed by atoms with Crippen molar-refractivity contribution in [2.75, 3.05) is 13.6 Å². The van der Waals surface area contributed by atoms with Gasteiger partial charge in [-0.2, -0.15) is 0 Å². The number of rotatable bonds is 5. The van der Waals surface area contributed by atoms with Gasteiger partial charge in [-0.3, -0.25) is 4.90 Å². The fourth-order valence-corrected chi connectivity index (χ4v) is 4.37. The molecule has 2 aliphatic rings. The minimum atomic E-state index is 0.675. The van der Waals surface area contributed by atoms with Crippen molar-refractivity contribution in [2.24, 2.45) is 0 Å². The number of nitrogens with one attached hydrogen (secondary N) is 1. The van der Waals surface area contributed by atoms with E-state index < -0.39 is 0 Å². The first-order chi connectivity index (χ1) is 10.3. The van der Waals surface area contributed by atoms with Crippen LogP contribution < -0.4 is 5.32 Å². The highest BCUT2D eigenvalue weighted by molar-refractivity contribution is 5.18. The largest absolute Gasteiger partial charge is 0.317 e. The Hall–Kier alpha value is -0.860. The molecule has 2 aliphatic heterocycles. The number of benzene rings is 1. The second-order valence-corrected chi connectivity index (χ2v) is 7.03. The predicted molar refractivity (Wildman–Crippen MR) is 89.7 cm³/mol. The number of nitrogens with zero attached hydrogens (tertiary/aromatic N) is 1. The summed E-state index contributed by atoms with van der Waals surface area (Å²) in [7, 11) is 2.13. The van der Waals surface area contributed by atoms with Gasteiger partial charge in [0.15, 0.2) is 0 Å². The van der Waals surface area contributed by atoms with Crippen LogP contribution in [0, 0.1) is 0 Å². The number of piperidine rings is 2. The minimum absolute atomic E-state index is 0.675. The van der Waals surface area contributed by atoms with Crippen molar-refractivity contribution in [2.45, 2.75) is 69.5 Å². The first-order valence-electron chi connectivity index (χ1n) is 8.76. The van der Waals surface area contributed by atoms with Gasteiger partial charge in [-0.25, -0.2) is 0 Å². The van der Waals surface area contributed by atoms with E-state index in [1.807, 2.05) is 0 Å². The Labute approximate surface area is 129 Å². The fourth-order valence-electron chi connectivity index (χ4n) is 4.37. The summed E-state index contributed by atoms with van der Waals surface area (Å²) in [6, 6.07) is 13.4. The van der Waals surface area contributed by atoms with Crippen LogP contribution in [-0.4, -0.2) is 36.6 Å². The van der Waals surface area contributed by atoms with E-state index in [-0.39, 0.29) is 0 Å². The van der Waals surface area contributed by atoms with Crippen molar-refractivity contribution in [3.63, 3.8) is 0 Å². The van der Waals surface area contributed by atoms with Gasteiger partial charge in [0, 0.05) is 18.1 Å². The van der Waals surface area contributed by atoms with Crippen LogP contribution in [0.5, 0.6) is 0 Å². The summed E-state index contributed by atoms with van der Waals surface area (Å²) >= 11 is 0. The topological polar surface area (TPSA) is 15.3 Å². The summed E-state index contributed by atoms with van der Waals surface area (Å²) in [5, 5.41) is 3.52. The van der Waals surface area contributed by atoms with Gasteiger partial charge in [-0.15, -0.1) is 0 Å². The molecule has 2 fully saturated rings. The van der Waals surface area contributed by atoms with Crippen LogP contribution in [0.25, 0.3) is 0 Å². The Balaban J connectivity index is 1.57. The van der Waals surface area contributed by atoms with E-state index in [4.69, 9.17) is 0 Å². The van der Waals surface area contributed by atoms with Gasteiger partial charge < -0.3 is 5.32 Å². The number of hydrogen-bond donors (Lipinski definition) is 1.